The van der Waals surface area contributed by atoms with Gasteiger partial charge in [0.2, 0.25) is 0 Å². The second-order valence-electron chi connectivity index (χ2n) is 11.0. The molecule has 0 amide bonds. The number of nitriles is 1. The summed E-state index contributed by atoms with van der Waals surface area (Å²) < 4.78 is 6.30. The van der Waals surface area contributed by atoms with Gasteiger partial charge in [-0.3, -0.25) is 4.90 Å². The molecule has 4 N–H and O–H groups in total. The summed E-state index contributed by atoms with van der Waals surface area (Å²) in [6.07, 6.45) is 11.0. The van der Waals surface area contributed by atoms with Crippen LogP contribution in [0.5, 0.6) is 6.01 Å². The summed E-state index contributed by atoms with van der Waals surface area (Å²) in [6, 6.07) is 4.25. The molecular formula is C28H34N6O2S. The third-order valence-electron chi connectivity index (χ3n) is 9.32. The number of rotatable bonds is 4. The maximum absolute atomic E-state index is 11.4. The smallest absolute Gasteiger partial charge is 0.317 e. The summed E-state index contributed by atoms with van der Waals surface area (Å²) in [4.78, 5) is 12.6. The van der Waals surface area contributed by atoms with E-state index in [1.165, 1.54) is 24.2 Å². The van der Waals surface area contributed by atoms with Gasteiger partial charge in [0.1, 0.15) is 28.6 Å². The van der Waals surface area contributed by atoms with E-state index in [2.05, 4.69) is 27.9 Å². The Kier molecular flexibility index (Phi) is 6.00. The highest BCUT2D eigenvalue weighted by Crippen LogP contribution is 2.52. The molecule has 0 aromatic carbocycles. The molecule has 8 nitrogen and oxygen atoms in total. The Bertz CT molecular complexity index is 1320. The number of aryl methyl sites for hydroxylation is 1. The van der Waals surface area contributed by atoms with Crippen LogP contribution in [0.15, 0.2) is 17.8 Å². The average Bonchev–Trinajstić information content (AvgIpc) is 3.58. The van der Waals surface area contributed by atoms with Crippen molar-refractivity contribution >= 4 is 27.8 Å². The van der Waals surface area contributed by atoms with Crippen molar-refractivity contribution in [2.24, 2.45) is 0 Å². The lowest BCUT2D eigenvalue weighted by Gasteiger charge is -2.42. The highest BCUT2D eigenvalue weighted by atomic mass is 32.1. The van der Waals surface area contributed by atoms with Gasteiger partial charge in [0.25, 0.3) is 0 Å². The van der Waals surface area contributed by atoms with E-state index in [9.17, 15) is 15.8 Å². The van der Waals surface area contributed by atoms with E-state index >= 15 is 0 Å². The van der Waals surface area contributed by atoms with Gasteiger partial charge in [-0.1, -0.05) is 0 Å². The number of nitrogen functional groups attached to an aromatic ring is 1. The number of hydrogen-bond donors (Lipinski definition) is 3. The second-order valence-corrected chi connectivity index (χ2v) is 12.2. The second kappa shape index (κ2) is 9.10. The molecule has 2 aromatic heterocycles. The van der Waals surface area contributed by atoms with E-state index in [4.69, 9.17) is 10.5 Å². The van der Waals surface area contributed by atoms with Gasteiger partial charge in [-0.2, -0.15) is 10.2 Å². The van der Waals surface area contributed by atoms with Crippen molar-refractivity contribution in [2.45, 2.75) is 88.2 Å². The van der Waals surface area contributed by atoms with Gasteiger partial charge in [-0.25, -0.2) is 4.98 Å². The predicted octanol–water partition coefficient (Wildman–Crippen LogP) is 5.13. The van der Waals surface area contributed by atoms with E-state index in [-0.39, 0.29) is 23.4 Å². The summed E-state index contributed by atoms with van der Waals surface area (Å²) >= 11 is 1.48. The number of ether oxygens (including phenoxy) is 1. The number of aromatic nitrogens is 2. The molecule has 2 aromatic rings. The van der Waals surface area contributed by atoms with Crippen LogP contribution < -0.4 is 10.5 Å². The first-order valence-corrected chi connectivity index (χ1v) is 14.3. The predicted molar refractivity (Wildman–Crippen MR) is 144 cm³/mol. The highest BCUT2D eigenvalue weighted by molar-refractivity contribution is 7.16. The zero-order valence-corrected chi connectivity index (χ0v) is 22.2. The number of aliphatic hydroxyl groups is 1. The lowest BCUT2D eigenvalue weighted by Crippen LogP contribution is -2.50. The Morgan fingerprint density at radius 1 is 1.22 bits per heavy atom. The van der Waals surface area contributed by atoms with Gasteiger partial charge < -0.3 is 21.0 Å². The zero-order valence-electron chi connectivity index (χ0n) is 21.3. The maximum Gasteiger partial charge on any atom is 0.317 e. The fourth-order valence-electron chi connectivity index (χ4n) is 7.57. The van der Waals surface area contributed by atoms with Crippen LogP contribution in [0.25, 0.3) is 5.76 Å². The van der Waals surface area contributed by atoms with Gasteiger partial charge in [0.05, 0.1) is 11.1 Å². The average molecular weight is 519 g/mol. The number of thiophene rings is 1. The minimum Gasteiger partial charge on any atom is -0.505 e. The molecule has 1 spiro atoms. The fraction of sp³-hybridized carbons (Fsp3) is 0.571. The zero-order chi connectivity index (χ0) is 25.8. The number of aliphatic hydroxyl groups excluding tert-OH is 1. The number of allylic oxidation sites excluding steroid dienone is 1. The number of fused-ring (bicyclic) bond motifs is 3. The van der Waals surface area contributed by atoms with E-state index in [1.54, 1.807) is 12.3 Å². The highest BCUT2D eigenvalue weighted by Gasteiger charge is 2.50. The van der Waals surface area contributed by atoms with Crippen LogP contribution in [-0.4, -0.2) is 50.4 Å². The van der Waals surface area contributed by atoms with Crippen LogP contribution in [0, 0.1) is 16.7 Å². The van der Waals surface area contributed by atoms with Crippen LogP contribution in [0.4, 0.5) is 5.00 Å². The first-order valence-electron chi connectivity index (χ1n) is 13.5. The van der Waals surface area contributed by atoms with E-state index in [1.807, 2.05) is 0 Å². The minimum absolute atomic E-state index is 0.0133. The van der Waals surface area contributed by atoms with Gasteiger partial charge >= 0.3 is 6.01 Å². The van der Waals surface area contributed by atoms with Crippen LogP contribution in [0.1, 0.15) is 86.4 Å². The molecule has 6 rings (SSSR count). The molecule has 1 unspecified atom stereocenters. The summed E-state index contributed by atoms with van der Waals surface area (Å²) in [5.41, 5.74) is 8.51. The Labute approximate surface area is 221 Å². The molecule has 2 aliphatic heterocycles. The fourth-order valence-corrected chi connectivity index (χ4v) is 8.74. The molecule has 194 valence electrons. The molecular weight excluding hydrogens is 484 g/mol. The first-order chi connectivity index (χ1) is 17.9. The number of nitrogens with one attached hydrogen (secondary N) is 1. The number of hydrogen-bond acceptors (Lipinski definition) is 9. The van der Waals surface area contributed by atoms with Crippen LogP contribution in [-0.2, 0) is 11.8 Å². The molecule has 2 atom stereocenters. The van der Waals surface area contributed by atoms with Crippen molar-refractivity contribution < 1.29 is 9.84 Å². The quantitative estimate of drug-likeness (QED) is 0.478. The Hall–Kier alpha value is -2.96. The number of nitrogens with two attached hydrogens (primary N) is 1. The van der Waals surface area contributed by atoms with Crippen molar-refractivity contribution in [3.63, 3.8) is 0 Å². The molecule has 1 saturated carbocycles. The Balaban J connectivity index is 1.32. The van der Waals surface area contributed by atoms with E-state index in [0.717, 1.165) is 68.5 Å². The van der Waals surface area contributed by atoms with Crippen LogP contribution in [0.2, 0.25) is 0 Å². The number of anilines is 1. The van der Waals surface area contributed by atoms with Gasteiger partial charge in [-0.15, -0.1) is 11.3 Å². The van der Waals surface area contributed by atoms with E-state index < -0.39 is 5.41 Å². The molecule has 2 saturated heterocycles. The van der Waals surface area contributed by atoms with Crippen molar-refractivity contribution in [1.82, 2.24) is 14.9 Å². The summed E-state index contributed by atoms with van der Waals surface area (Å²) in [6.45, 7) is 4.35. The molecule has 0 bridgehead atoms. The normalized spacial score (nSPS) is 27.0. The SMILES string of the molecule is CC(Oc1nccc(/C(O)=C2\CCC[C@@]3(CCCc4sc(N)c(C#N)c43)C2=N)n1)C12CCCN1CCC2. The molecule has 4 heterocycles. The minimum atomic E-state index is -0.581. The standard InChI is InChI=1S/C28H34N6O2S/c1-17(28-11-4-14-34(28)15-5-12-28)36-26-32-13-8-20(33-26)23(35)18-6-2-9-27(24(18)30)10-3-7-21-22(27)19(16-29)25(31)37-21/h8,13,17,30,35H,2-7,9-12,14-15,31H2,1H3/b23-18-,30-24?/t17?,27-/m0/s1. The Morgan fingerprint density at radius 2 is 1.95 bits per heavy atom. The van der Waals surface area contributed by atoms with Crippen LogP contribution in [0.3, 0.4) is 0 Å². The maximum atomic E-state index is 11.4. The van der Waals surface area contributed by atoms with Gasteiger partial charge in [0.15, 0.2) is 0 Å². The topological polar surface area (TPSA) is 132 Å². The summed E-state index contributed by atoms with van der Waals surface area (Å²) in [5.74, 6) is 0.0133. The summed E-state index contributed by atoms with van der Waals surface area (Å²) in [7, 11) is 0. The molecule has 4 aliphatic rings. The monoisotopic (exact) mass is 518 g/mol. The molecule has 37 heavy (non-hydrogen) atoms. The molecule has 9 heteroatoms. The van der Waals surface area contributed by atoms with Gasteiger partial charge in [-0.05, 0) is 95.9 Å². The lowest BCUT2D eigenvalue weighted by molar-refractivity contribution is 0.0403. The van der Waals surface area contributed by atoms with E-state index in [0.29, 0.717) is 34.0 Å². The van der Waals surface area contributed by atoms with Gasteiger partial charge in [0, 0.05) is 27.8 Å². The largest absolute Gasteiger partial charge is 0.505 e. The molecule has 0 radical (unpaired) electrons. The lowest BCUT2D eigenvalue weighted by atomic mass is 9.60. The van der Waals surface area contributed by atoms with Crippen molar-refractivity contribution in [3.05, 3.63) is 39.5 Å². The number of nitrogens with zero attached hydrogens (tertiary/aromatic N) is 4. The first kappa shape index (κ1) is 24.4. The van der Waals surface area contributed by atoms with Crippen LogP contribution >= 0.6 is 11.3 Å². The molecule has 3 fully saturated rings. The third kappa shape index (κ3) is 3.68. The van der Waals surface area contributed by atoms with Crippen molar-refractivity contribution in [2.75, 3.05) is 18.8 Å². The summed E-state index contributed by atoms with van der Waals surface area (Å²) in [5, 5.41) is 31.1. The third-order valence-corrected chi connectivity index (χ3v) is 10.4. The van der Waals surface area contributed by atoms with Crippen molar-refractivity contribution in [3.8, 4) is 12.1 Å². The Morgan fingerprint density at radius 3 is 2.68 bits per heavy atom. The molecule has 2 aliphatic carbocycles. The van der Waals surface area contributed by atoms with Crippen molar-refractivity contribution in [1.29, 1.82) is 10.7 Å².